The van der Waals surface area contributed by atoms with Gasteiger partial charge in [0.25, 0.3) is 0 Å². The standard InChI is InChI=1S/C16H22N2O/c1-12(2)14-9-13(5-6-15(14)19-4)18(3)11-16(10-17)7-8-16/h5-6,9,12H,7-8,11H2,1-4H3. The van der Waals surface area contributed by atoms with Crippen LogP contribution in [0.3, 0.4) is 0 Å². The zero-order valence-electron chi connectivity index (χ0n) is 12.2. The average Bonchev–Trinajstić information content (AvgIpc) is 3.18. The zero-order valence-corrected chi connectivity index (χ0v) is 12.2. The molecule has 1 saturated carbocycles. The SMILES string of the molecule is COc1ccc(N(C)CC2(C#N)CC2)cc1C(C)C. The van der Waals surface area contributed by atoms with Crippen molar-refractivity contribution in [2.75, 3.05) is 25.6 Å². The molecule has 0 unspecified atom stereocenters. The highest BCUT2D eigenvalue weighted by atomic mass is 16.5. The molecule has 3 heteroatoms. The molecule has 1 aromatic rings. The van der Waals surface area contributed by atoms with Gasteiger partial charge < -0.3 is 9.64 Å². The molecule has 1 aromatic carbocycles. The lowest BCUT2D eigenvalue weighted by Gasteiger charge is -2.24. The number of ether oxygens (including phenoxy) is 1. The number of hydrogen-bond acceptors (Lipinski definition) is 3. The molecule has 102 valence electrons. The van der Waals surface area contributed by atoms with Crippen LogP contribution in [0.5, 0.6) is 5.75 Å². The van der Waals surface area contributed by atoms with E-state index in [0.29, 0.717) is 5.92 Å². The molecule has 0 spiro atoms. The molecule has 0 bridgehead atoms. The van der Waals surface area contributed by atoms with Crippen LogP contribution in [0.1, 0.15) is 38.2 Å². The van der Waals surface area contributed by atoms with Gasteiger partial charge in [-0.1, -0.05) is 13.8 Å². The minimum atomic E-state index is -0.104. The van der Waals surface area contributed by atoms with E-state index in [-0.39, 0.29) is 5.41 Å². The molecule has 2 rings (SSSR count). The van der Waals surface area contributed by atoms with E-state index in [2.05, 4.69) is 44.0 Å². The van der Waals surface area contributed by atoms with Gasteiger partial charge in [0.05, 0.1) is 18.6 Å². The second-order valence-corrected chi connectivity index (χ2v) is 5.83. The van der Waals surface area contributed by atoms with E-state index in [9.17, 15) is 5.26 Å². The van der Waals surface area contributed by atoms with Gasteiger partial charge in [0.1, 0.15) is 5.75 Å². The summed E-state index contributed by atoms with van der Waals surface area (Å²) in [4.78, 5) is 2.18. The lowest BCUT2D eigenvalue weighted by molar-refractivity contribution is 0.407. The van der Waals surface area contributed by atoms with Crippen LogP contribution in [-0.2, 0) is 0 Å². The second kappa shape index (κ2) is 5.13. The molecule has 0 radical (unpaired) electrons. The lowest BCUT2D eigenvalue weighted by Crippen LogP contribution is -2.25. The number of nitriles is 1. The third-order valence-electron chi connectivity index (χ3n) is 3.91. The number of hydrogen-bond donors (Lipinski definition) is 0. The van der Waals surface area contributed by atoms with E-state index in [4.69, 9.17) is 4.74 Å². The Morgan fingerprint density at radius 1 is 1.42 bits per heavy atom. The van der Waals surface area contributed by atoms with Gasteiger partial charge in [-0.25, -0.2) is 0 Å². The number of benzene rings is 1. The van der Waals surface area contributed by atoms with Crippen LogP contribution in [0.2, 0.25) is 0 Å². The molecular weight excluding hydrogens is 236 g/mol. The van der Waals surface area contributed by atoms with Crippen LogP contribution >= 0.6 is 0 Å². The molecular formula is C16H22N2O. The monoisotopic (exact) mass is 258 g/mol. The van der Waals surface area contributed by atoms with Crippen LogP contribution < -0.4 is 9.64 Å². The predicted octanol–water partition coefficient (Wildman–Crippen LogP) is 3.56. The molecule has 0 N–H and O–H groups in total. The Kier molecular flexibility index (Phi) is 3.71. The number of methoxy groups -OCH3 is 1. The van der Waals surface area contributed by atoms with E-state index in [1.165, 1.54) is 5.56 Å². The van der Waals surface area contributed by atoms with Crippen LogP contribution in [-0.4, -0.2) is 20.7 Å². The summed E-state index contributed by atoms with van der Waals surface area (Å²) in [5, 5.41) is 9.18. The molecule has 1 aliphatic rings. The highest BCUT2D eigenvalue weighted by molar-refractivity contribution is 5.54. The molecule has 1 aliphatic carbocycles. The first-order valence-electron chi connectivity index (χ1n) is 6.82. The minimum Gasteiger partial charge on any atom is -0.496 e. The summed E-state index contributed by atoms with van der Waals surface area (Å²) in [6.45, 7) is 5.14. The minimum absolute atomic E-state index is 0.104. The van der Waals surface area contributed by atoms with Crippen LogP contribution in [0.25, 0.3) is 0 Å². The maximum absolute atomic E-state index is 9.18. The van der Waals surface area contributed by atoms with Gasteiger partial charge in [-0.15, -0.1) is 0 Å². The smallest absolute Gasteiger partial charge is 0.122 e. The molecule has 3 nitrogen and oxygen atoms in total. The third-order valence-corrected chi connectivity index (χ3v) is 3.91. The molecule has 0 atom stereocenters. The molecule has 0 amide bonds. The quantitative estimate of drug-likeness (QED) is 0.810. The first-order chi connectivity index (χ1) is 9.01. The van der Waals surface area contributed by atoms with Gasteiger partial charge in [-0.2, -0.15) is 5.26 Å². The van der Waals surface area contributed by atoms with Crippen molar-refractivity contribution in [1.82, 2.24) is 0 Å². The summed E-state index contributed by atoms with van der Waals surface area (Å²) in [5.41, 5.74) is 2.27. The largest absolute Gasteiger partial charge is 0.496 e. The van der Waals surface area contributed by atoms with Crippen molar-refractivity contribution in [3.8, 4) is 11.8 Å². The Morgan fingerprint density at radius 2 is 2.11 bits per heavy atom. The molecule has 0 saturated heterocycles. The number of rotatable bonds is 5. The fraction of sp³-hybridized carbons (Fsp3) is 0.562. The molecule has 0 heterocycles. The summed E-state index contributed by atoms with van der Waals surface area (Å²) < 4.78 is 5.40. The van der Waals surface area contributed by atoms with Crippen LogP contribution in [0, 0.1) is 16.7 Å². The van der Waals surface area contributed by atoms with E-state index in [0.717, 1.165) is 30.8 Å². The maximum atomic E-state index is 9.18. The molecule has 1 fully saturated rings. The fourth-order valence-corrected chi connectivity index (χ4v) is 2.41. The van der Waals surface area contributed by atoms with E-state index in [1.54, 1.807) is 7.11 Å². The van der Waals surface area contributed by atoms with E-state index < -0.39 is 0 Å². The summed E-state index contributed by atoms with van der Waals surface area (Å²) in [5.74, 6) is 1.36. The summed E-state index contributed by atoms with van der Waals surface area (Å²) in [6, 6.07) is 8.71. The van der Waals surface area contributed by atoms with E-state index in [1.807, 2.05) is 6.07 Å². The van der Waals surface area contributed by atoms with Crippen LogP contribution in [0.4, 0.5) is 5.69 Å². The van der Waals surface area contributed by atoms with Crippen molar-refractivity contribution in [3.05, 3.63) is 23.8 Å². The van der Waals surface area contributed by atoms with Gasteiger partial charge >= 0.3 is 0 Å². The summed E-state index contributed by atoms with van der Waals surface area (Å²) in [7, 11) is 3.77. The Morgan fingerprint density at radius 3 is 2.58 bits per heavy atom. The summed E-state index contributed by atoms with van der Waals surface area (Å²) in [6.07, 6.45) is 2.06. The Balaban J connectivity index is 2.21. The highest BCUT2D eigenvalue weighted by Gasteiger charge is 2.44. The molecule has 0 aromatic heterocycles. The van der Waals surface area contributed by atoms with Crippen molar-refractivity contribution in [2.45, 2.75) is 32.6 Å². The maximum Gasteiger partial charge on any atom is 0.122 e. The number of anilines is 1. The predicted molar refractivity (Wildman–Crippen MR) is 77.6 cm³/mol. The van der Waals surface area contributed by atoms with Crippen molar-refractivity contribution >= 4 is 5.69 Å². The summed E-state index contributed by atoms with van der Waals surface area (Å²) >= 11 is 0. The van der Waals surface area contributed by atoms with Gasteiger partial charge in [-0.3, -0.25) is 0 Å². The van der Waals surface area contributed by atoms with Gasteiger partial charge in [0, 0.05) is 19.3 Å². The molecule has 19 heavy (non-hydrogen) atoms. The Labute approximate surface area is 115 Å². The van der Waals surface area contributed by atoms with Gasteiger partial charge in [0.15, 0.2) is 0 Å². The van der Waals surface area contributed by atoms with Crippen molar-refractivity contribution in [1.29, 1.82) is 5.26 Å². The topological polar surface area (TPSA) is 36.3 Å². The first-order valence-corrected chi connectivity index (χ1v) is 6.82. The van der Waals surface area contributed by atoms with Crippen molar-refractivity contribution in [2.24, 2.45) is 5.41 Å². The second-order valence-electron chi connectivity index (χ2n) is 5.83. The Hall–Kier alpha value is -1.69. The normalized spacial score (nSPS) is 16.0. The van der Waals surface area contributed by atoms with Gasteiger partial charge in [0.2, 0.25) is 0 Å². The molecule has 0 aliphatic heterocycles. The van der Waals surface area contributed by atoms with Crippen molar-refractivity contribution in [3.63, 3.8) is 0 Å². The van der Waals surface area contributed by atoms with Gasteiger partial charge in [-0.05, 0) is 42.5 Å². The third kappa shape index (κ3) is 2.84. The van der Waals surface area contributed by atoms with Crippen molar-refractivity contribution < 1.29 is 4.74 Å². The highest BCUT2D eigenvalue weighted by Crippen LogP contribution is 2.46. The van der Waals surface area contributed by atoms with E-state index >= 15 is 0 Å². The van der Waals surface area contributed by atoms with Crippen LogP contribution in [0.15, 0.2) is 18.2 Å². The number of nitrogens with zero attached hydrogens (tertiary/aromatic N) is 2. The Bertz CT molecular complexity index is 498. The average molecular weight is 258 g/mol. The zero-order chi connectivity index (χ0) is 14.0. The first kappa shape index (κ1) is 13.7. The lowest BCUT2D eigenvalue weighted by atomic mass is 10.0. The fourth-order valence-electron chi connectivity index (χ4n) is 2.41.